The van der Waals surface area contributed by atoms with E-state index in [1.54, 1.807) is 19.1 Å². The van der Waals surface area contributed by atoms with Crippen LogP contribution < -0.4 is 11.5 Å². The Kier molecular flexibility index (Phi) is 5.24. The van der Waals surface area contributed by atoms with Crippen molar-refractivity contribution in [2.45, 2.75) is 11.8 Å². The average Bonchev–Trinajstić information content (AvgIpc) is 2.42. The SMILES string of the molecule is CON=C(C(N)=O)C(N)=NOS(=O)(=O)c1ccc(C)cc1. The molecular weight excluding hydrogens is 300 g/mol. The maximum atomic E-state index is 11.8. The zero-order chi connectivity index (χ0) is 16.0. The predicted octanol–water partition coefficient (Wildman–Crippen LogP) is -0.540. The number of rotatable bonds is 6. The zero-order valence-corrected chi connectivity index (χ0v) is 12.1. The third-order valence-electron chi connectivity index (χ3n) is 2.20. The molecule has 0 aliphatic carbocycles. The molecule has 0 aliphatic rings. The van der Waals surface area contributed by atoms with Crippen LogP contribution in [0.3, 0.4) is 0 Å². The monoisotopic (exact) mass is 314 g/mol. The second-order valence-electron chi connectivity index (χ2n) is 3.80. The molecule has 21 heavy (non-hydrogen) atoms. The van der Waals surface area contributed by atoms with Crippen molar-refractivity contribution in [1.82, 2.24) is 0 Å². The summed E-state index contributed by atoms with van der Waals surface area (Å²) in [6.45, 7) is 1.80. The van der Waals surface area contributed by atoms with Gasteiger partial charge in [0.2, 0.25) is 5.71 Å². The Morgan fingerprint density at radius 2 is 1.71 bits per heavy atom. The molecule has 0 bridgehead atoms. The first-order chi connectivity index (χ1) is 9.77. The number of amidine groups is 1. The van der Waals surface area contributed by atoms with Gasteiger partial charge in [0, 0.05) is 0 Å². The minimum Gasteiger partial charge on any atom is -0.398 e. The van der Waals surface area contributed by atoms with Crippen molar-refractivity contribution in [2.75, 3.05) is 7.11 Å². The first-order valence-corrected chi connectivity index (χ1v) is 6.94. The highest BCUT2D eigenvalue weighted by molar-refractivity contribution is 7.86. The van der Waals surface area contributed by atoms with Crippen LogP contribution in [0, 0.1) is 6.92 Å². The number of primary amides is 1. The lowest BCUT2D eigenvalue weighted by atomic mass is 10.2. The lowest BCUT2D eigenvalue weighted by Gasteiger charge is -2.03. The number of carbonyl (C=O) groups excluding carboxylic acids is 1. The Bertz CT molecular complexity index is 679. The van der Waals surface area contributed by atoms with Gasteiger partial charge in [-0.25, -0.2) is 0 Å². The molecule has 114 valence electrons. The minimum atomic E-state index is -4.16. The first kappa shape index (κ1) is 16.4. The fourth-order valence-corrected chi connectivity index (χ4v) is 1.92. The lowest BCUT2D eigenvalue weighted by molar-refractivity contribution is -0.112. The third kappa shape index (κ3) is 4.45. The van der Waals surface area contributed by atoms with Crippen LogP contribution >= 0.6 is 0 Å². The van der Waals surface area contributed by atoms with Crippen LogP contribution in [0.4, 0.5) is 0 Å². The summed E-state index contributed by atoms with van der Waals surface area (Å²) in [7, 11) is -3.01. The molecule has 0 heterocycles. The molecule has 0 aliphatic heterocycles. The van der Waals surface area contributed by atoms with E-state index in [2.05, 4.69) is 19.4 Å². The van der Waals surface area contributed by atoms with Gasteiger partial charge in [-0.3, -0.25) is 9.08 Å². The van der Waals surface area contributed by atoms with Crippen molar-refractivity contribution in [3.05, 3.63) is 29.8 Å². The number of nitrogens with two attached hydrogens (primary N) is 2. The molecule has 1 rings (SSSR count). The van der Waals surface area contributed by atoms with Gasteiger partial charge in [0.1, 0.15) is 12.0 Å². The zero-order valence-electron chi connectivity index (χ0n) is 11.3. The van der Waals surface area contributed by atoms with E-state index in [-0.39, 0.29) is 4.90 Å². The Labute approximate surface area is 121 Å². The van der Waals surface area contributed by atoms with E-state index in [4.69, 9.17) is 11.5 Å². The topological polar surface area (TPSA) is 146 Å². The van der Waals surface area contributed by atoms with Crippen molar-refractivity contribution >= 4 is 27.6 Å². The van der Waals surface area contributed by atoms with Gasteiger partial charge in [-0.1, -0.05) is 22.9 Å². The molecule has 1 aromatic rings. The highest BCUT2D eigenvalue weighted by Crippen LogP contribution is 2.13. The van der Waals surface area contributed by atoms with Crippen molar-refractivity contribution in [3.8, 4) is 0 Å². The molecule has 0 unspecified atom stereocenters. The first-order valence-electron chi connectivity index (χ1n) is 5.53. The summed E-state index contributed by atoms with van der Waals surface area (Å²) < 4.78 is 28.0. The van der Waals surface area contributed by atoms with Crippen LogP contribution in [-0.4, -0.2) is 33.0 Å². The summed E-state index contributed by atoms with van der Waals surface area (Å²) in [5.41, 5.74) is 10.7. The van der Waals surface area contributed by atoms with E-state index in [1.165, 1.54) is 12.1 Å². The van der Waals surface area contributed by atoms with Gasteiger partial charge in [-0.05, 0) is 24.2 Å². The summed E-state index contributed by atoms with van der Waals surface area (Å²) in [5, 5.41) is 6.35. The standard InChI is InChI=1S/C11H14N4O5S/c1-7-3-5-8(6-4-7)21(17,18)20-15-10(12)9(11(13)16)14-19-2/h3-6H,1-2H3,(H2,12,15)(H2,13,16). The van der Waals surface area contributed by atoms with Crippen LogP contribution in [0.15, 0.2) is 39.5 Å². The molecule has 0 radical (unpaired) electrons. The van der Waals surface area contributed by atoms with Crippen molar-refractivity contribution in [1.29, 1.82) is 0 Å². The van der Waals surface area contributed by atoms with Crippen LogP contribution in [0.5, 0.6) is 0 Å². The molecule has 0 aromatic heterocycles. The van der Waals surface area contributed by atoms with E-state index < -0.39 is 27.6 Å². The quantitative estimate of drug-likeness (QED) is 0.409. The third-order valence-corrected chi connectivity index (χ3v) is 3.32. The molecular formula is C11H14N4O5S. The van der Waals surface area contributed by atoms with Gasteiger partial charge in [-0.15, -0.1) is 0 Å². The molecule has 1 amide bonds. The molecule has 0 saturated carbocycles. The number of amides is 1. The molecule has 0 fully saturated rings. The van der Waals surface area contributed by atoms with E-state index in [0.717, 1.165) is 12.7 Å². The molecule has 10 heteroatoms. The molecule has 0 spiro atoms. The lowest BCUT2D eigenvalue weighted by Crippen LogP contribution is -2.36. The van der Waals surface area contributed by atoms with Gasteiger partial charge in [0.15, 0.2) is 5.84 Å². The fraction of sp³-hybridized carbons (Fsp3) is 0.182. The van der Waals surface area contributed by atoms with Crippen molar-refractivity contribution < 1.29 is 22.3 Å². The number of carbonyl (C=O) groups is 1. The van der Waals surface area contributed by atoms with Gasteiger partial charge in [0.25, 0.3) is 5.91 Å². The molecule has 0 saturated heterocycles. The van der Waals surface area contributed by atoms with Gasteiger partial charge in [-0.2, -0.15) is 8.42 Å². The minimum absolute atomic E-state index is 0.117. The maximum absolute atomic E-state index is 11.8. The number of nitrogens with zero attached hydrogens (tertiary/aromatic N) is 2. The normalized spacial score (nSPS) is 12.9. The Morgan fingerprint density at radius 3 is 2.19 bits per heavy atom. The Morgan fingerprint density at radius 1 is 1.14 bits per heavy atom. The summed E-state index contributed by atoms with van der Waals surface area (Å²) >= 11 is 0. The Hall–Kier alpha value is -2.62. The van der Waals surface area contributed by atoms with Crippen LogP contribution in [0.2, 0.25) is 0 Å². The average molecular weight is 314 g/mol. The van der Waals surface area contributed by atoms with Gasteiger partial charge < -0.3 is 16.3 Å². The van der Waals surface area contributed by atoms with Crippen molar-refractivity contribution in [2.24, 2.45) is 21.8 Å². The number of hydrogen-bond donors (Lipinski definition) is 2. The summed E-state index contributed by atoms with van der Waals surface area (Å²) in [4.78, 5) is 15.2. The number of benzene rings is 1. The van der Waals surface area contributed by atoms with E-state index in [9.17, 15) is 13.2 Å². The largest absolute Gasteiger partial charge is 0.398 e. The molecule has 4 N–H and O–H groups in total. The van der Waals surface area contributed by atoms with Crippen LogP contribution in [0.25, 0.3) is 0 Å². The summed E-state index contributed by atoms with van der Waals surface area (Å²) in [6, 6.07) is 5.86. The second kappa shape index (κ2) is 6.70. The van der Waals surface area contributed by atoms with Gasteiger partial charge in [0.05, 0.1) is 0 Å². The highest BCUT2D eigenvalue weighted by atomic mass is 32.2. The fourth-order valence-electron chi connectivity index (χ4n) is 1.19. The molecule has 9 nitrogen and oxygen atoms in total. The van der Waals surface area contributed by atoms with Gasteiger partial charge >= 0.3 is 10.1 Å². The van der Waals surface area contributed by atoms with Crippen molar-refractivity contribution in [3.63, 3.8) is 0 Å². The van der Waals surface area contributed by atoms with Crippen LogP contribution in [-0.2, 0) is 24.0 Å². The maximum Gasteiger partial charge on any atom is 0.358 e. The molecule has 1 aromatic carbocycles. The highest BCUT2D eigenvalue weighted by Gasteiger charge is 2.19. The number of hydrogen-bond acceptors (Lipinski definition) is 7. The van der Waals surface area contributed by atoms with E-state index >= 15 is 0 Å². The Balaban J connectivity index is 2.99. The summed E-state index contributed by atoms with van der Waals surface area (Å²) in [6.07, 6.45) is 0. The smallest absolute Gasteiger partial charge is 0.358 e. The van der Waals surface area contributed by atoms with E-state index in [1.807, 2.05) is 0 Å². The second-order valence-corrected chi connectivity index (χ2v) is 5.33. The molecule has 0 atom stereocenters. The van der Waals surface area contributed by atoms with E-state index in [0.29, 0.717) is 0 Å². The number of aryl methyl sites for hydroxylation is 1. The summed E-state index contributed by atoms with van der Waals surface area (Å²) in [5.74, 6) is -1.67. The number of oxime groups is 2. The predicted molar refractivity (Wildman–Crippen MR) is 74.7 cm³/mol. The van der Waals surface area contributed by atoms with Crippen LogP contribution in [0.1, 0.15) is 5.56 Å².